The van der Waals surface area contributed by atoms with Crippen molar-refractivity contribution in [3.63, 3.8) is 0 Å². The minimum absolute atomic E-state index is 0.148. The van der Waals surface area contributed by atoms with E-state index >= 15 is 0 Å². The molecule has 2 atom stereocenters. The first kappa shape index (κ1) is 41.4. The summed E-state index contributed by atoms with van der Waals surface area (Å²) in [5, 5.41) is 18.3. The van der Waals surface area contributed by atoms with Crippen LogP contribution in [0.5, 0.6) is 0 Å². The van der Waals surface area contributed by atoms with Gasteiger partial charge >= 0.3 is 36.3 Å². The van der Waals surface area contributed by atoms with E-state index in [1.54, 1.807) is 20.8 Å². The summed E-state index contributed by atoms with van der Waals surface area (Å²) in [4.78, 5) is 11.9. The van der Waals surface area contributed by atoms with Gasteiger partial charge in [0.15, 0.2) is 0 Å². The molecule has 0 heterocycles. The van der Waals surface area contributed by atoms with E-state index in [-0.39, 0.29) is 19.5 Å². The summed E-state index contributed by atoms with van der Waals surface area (Å²) in [5.74, 6) is -14.3. The quantitative estimate of drug-likeness (QED) is 0.234. The first-order valence-corrected chi connectivity index (χ1v) is 13.1. The van der Waals surface area contributed by atoms with Gasteiger partial charge in [0.2, 0.25) is 5.60 Å². The van der Waals surface area contributed by atoms with Crippen molar-refractivity contribution in [3.8, 4) is 0 Å². The van der Waals surface area contributed by atoms with Gasteiger partial charge in [-0.2, -0.15) is 57.1 Å². The van der Waals surface area contributed by atoms with Crippen molar-refractivity contribution in [2.75, 3.05) is 6.67 Å². The summed E-state index contributed by atoms with van der Waals surface area (Å²) in [6.45, 7) is 7.23. The lowest BCUT2D eigenvalue weighted by atomic mass is 9.73. The van der Waals surface area contributed by atoms with E-state index in [9.17, 15) is 71.4 Å². The van der Waals surface area contributed by atoms with E-state index < -0.39 is 96.6 Å². The van der Waals surface area contributed by atoms with Crippen LogP contribution in [-0.2, 0) is 9.53 Å². The van der Waals surface area contributed by atoms with Crippen molar-refractivity contribution < 1.29 is 81.2 Å². The summed E-state index contributed by atoms with van der Waals surface area (Å²) in [6, 6.07) is 0. The molecule has 0 spiro atoms. The van der Waals surface area contributed by atoms with Gasteiger partial charge in [0.25, 0.3) is 5.60 Å². The zero-order valence-electron chi connectivity index (χ0n) is 23.9. The molecule has 258 valence electrons. The van der Waals surface area contributed by atoms with Crippen LogP contribution in [0.4, 0.5) is 61.5 Å². The van der Waals surface area contributed by atoms with Crippen LogP contribution in [0.15, 0.2) is 0 Å². The predicted molar refractivity (Wildman–Crippen MR) is 124 cm³/mol. The van der Waals surface area contributed by atoms with Crippen LogP contribution in [0.1, 0.15) is 79.6 Å². The summed E-state index contributed by atoms with van der Waals surface area (Å²) in [7, 11) is 0. The third-order valence-corrected chi connectivity index (χ3v) is 7.54. The summed E-state index contributed by atoms with van der Waals surface area (Å²) >= 11 is 0. The van der Waals surface area contributed by atoms with E-state index in [1.807, 2.05) is 0 Å². The predicted octanol–water partition coefficient (Wildman–Crippen LogP) is 8.34. The van der Waals surface area contributed by atoms with Crippen molar-refractivity contribution in [1.82, 2.24) is 0 Å². The van der Waals surface area contributed by atoms with E-state index in [2.05, 4.69) is 0 Å². The maximum absolute atomic E-state index is 13.0. The zero-order valence-corrected chi connectivity index (χ0v) is 23.9. The van der Waals surface area contributed by atoms with E-state index in [1.165, 1.54) is 6.92 Å². The molecule has 2 fully saturated rings. The number of carbonyl (C=O) groups excluding carboxylic acids is 1. The lowest BCUT2D eigenvalue weighted by molar-refractivity contribution is -0.396. The fraction of sp³-hybridized carbons (Fsp3) is 0.960. The van der Waals surface area contributed by atoms with Crippen LogP contribution in [0, 0.1) is 17.3 Å². The first-order valence-electron chi connectivity index (χ1n) is 13.1. The number of ether oxygens (including phenoxy) is 1. The van der Waals surface area contributed by atoms with Gasteiger partial charge in [-0.3, -0.25) is 9.18 Å². The van der Waals surface area contributed by atoms with Crippen LogP contribution in [0.25, 0.3) is 0 Å². The molecule has 18 heteroatoms. The molecule has 43 heavy (non-hydrogen) atoms. The van der Waals surface area contributed by atoms with Gasteiger partial charge in [-0.05, 0) is 65.2 Å². The Morgan fingerprint density at radius 1 is 0.837 bits per heavy atom. The van der Waals surface area contributed by atoms with Crippen molar-refractivity contribution in [2.45, 2.75) is 127 Å². The lowest BCUT2D eigenvalue weighted by Gasteiger charge is -2.46. The number of aliphatic hydroxyl groups is 2. The highest BCUT2D eigenvalue weighted by atomic mass is 19.4. The lowest BCUT2D eigenvalue weighted by Crippen LogP contribution is -2.69. The Balaban J connectivity index is 0.000000800. The van der Waals surface area contributed by atoms with Gasteiger partial charge in [0, 0.05) is 12.3 Å². The Morgan fingerprint density at radius 2 is 1.23 bits per heavy atom. The molecule has 4 nitrogen and oxygen atoms in total. The number of hydrogen-bond acceptors (Lipinski definition) is 4. The van der Waals surface area contributed by atoms with Gasteiger partial charge in [-0.1, -0.05) is 13.8 Å². The van der Waals surface area contributed by atoms with E-state index in [4.69, 9.17) is 9.84 Å². The van der Waals surface area contributed by atoms with Crippen LogP contribution < -0.4 is 0 Å². The molecule has 2 rings (SSSR count). The molecule has 0 saturated heterocycles. The maximum Gasteiger partial charge on any atom is 0.426 e. The second kappa shape index (κ2) is 13.8. The van der Waals surface area contributed by atoms with Gasteiger partial charge in [-0.25, -0.2) is 0 Å². The van der Waals surface area contributed by atoms with Crippen molar-refractivity contribution in [3.05, 3.63) is 0 Å². The third-order valence-electron chi connectivity index (χ3n) is 7.54. The summed E-state index contributed by atoms with van der Waals surface area (Å²) < 4.78 is 181. The largest absolute Gasteiger partial charge is 0.462 e. The summed E-state index contributed by atoms with van der Waals surface area (Å²) in [5.41, 5.74) is -10.2. The molecule has 2 saturated carbocycles. The second-order valence-corrected chi connectivity index (χ2v) is 11.3. The Morgan fingerprint density at radius 3 is 1.56 bits per heavy atom. The normalized spacial score (nSPS) is 28.1. The number of hydrogen-bond donors (Lipinski definition) is 2. The van der Waals surface area contributed by atoms with E-state index in [0.29, 0.717) is 6.42 Å². The number of rotatable bonds is 4. The minimum atomic E-state index is -5.82. The van der Waals surface area contributed by atoms with Gasteiger partial charge < -0.3 is 14.9 Å². The highest BCUT2D eigenvalue weighted by Gasteiger charge is 2.80. The fourth-order valence-corrected chi connectivity index (χ4v) is 4.54. The highest BCUT2D eigenvalue weighted by Crippen LogP contribution is 2.58. The van der Waals surface area contributed by atoms with Crippen LogP contribution in [0.3, 0.4) is 0 Å². The maximum atomic E-state index is 13.0. The monoisotopic (exact) mass is 666 g/mol. The highest BCUT2D eigenvalue weighted by molar-refractivity contribution is 5.76. The van der Waals surface area contributed by atoms with Gasteiger partial charge in [0.1, 0.15) is 6.10 Å². The van der Waals surface area contributed by atoms with Crippen molar-refractivity contribution >= 4 is 5.97 Å². The second-order valence-electron chi connectivity index (χ2n) is 11.3. The number of alkyl halides is 14. The third kappa shape index (κ3) is 8.78. The zero-order chi connectivity index (χ0) is 34.7. The molecule has 0 radical (unpaired) electrons. The van der Waals surface area contributed by atoms with Gasteiger partial charge in [-0.15, -0.1) is 0 Å². The topological polar surface area (TPSA) is 66.8 Å². The number of halogens is 14. The molecular weight excluding hydrogens is 630 g/mol. The molecule has 0 bridgehead atoms. The van der Waals surface area contributed by atoms with Crippen LogP contribution in [-0.4, -0.2) is 70.5 Å². The molecular formula is C25H36F14O4. The average molecular weight is 667 g/mol. The Hall–Kier alpha value is -1.59. The molecule has 2 aliphatic carbocycles. The Bertz CT molecular complexity index is 876. The number of esters is 1. The van der Waals surface area contributed by atoms with Crippen LogP contribution in [0.2, 0.25) is 0 Å². The Labute approximate surface area is 239 Å². The average Bonchev–Trinajstić information content (AvgIpc) is 2.81. The Kier molecular flexibility index (Phi) is 13.3. The fourth-order valence-electron chi connectivity index (χ4n) is 4.54. The molecule has 0 aromatic carbocycles. The molecule has 2 aliphatic rings. The van der Waals surface area contributed by atoms with Gasteiger partial charge in [0.05, 0.1) is 12.1 Å². The van der Waals surface area contributed by atoms with E-state index in [0.717, 1.165) is 6.92 Å². The number of carbonyl (C=O) groups is 1. The summed E-state index contributed by atoms with van der Waals surface area (Å²) in [6.07, 6.45) is -21.8. The molecule has 0 aromatic rings. The molecule has 0 aromatic heterocycles. The molecule has 2 N–H and O–H groups in total. The SMILES string of the molecule is CC1CC(F)(F)C(F)(F)C(O)(C(F)(F)F)C1.CCC(C)(C)C(=O)OC1CCC(C(O)(C(F)(F)F)C(F)(F)F)CC1.CCF. The minimum Gasteiger partial charge on any atom is -0.462 e. The smallest absolute Gasteiger partial charge is 0.426 e. The molecule has 0 aliphatic heterocycles. The standard InChI is InChI=1S/C15H22F6O3.C8H9F7O.C2H5F/c1-4-12(2,3)11(22)24-10-7-5-9(6-8-10)13(23,14(16,17)18)15(19,20)21;1-4-2-5(16,8(13,14)15)7(11,12)6(9,10)3-4;1-2-3/h9-10,23H,4-8H2,1-3H3;4,16H,2-3H2,1H3;2H2,1H3. The first-order chi connectivity index (χ1) is 18.9. The van der Waals surface area contributed by atoms with Crippen molar-refractivity contribution in [2.24, 2.45) is 17.3 Å². The molecule has 0 amide bonds. The van der Waals surface area contributed by atoms with Crippen LogP contribution >= 0.6 is 0 Å². The van der Waals surface area contributed by atoms with Crippen molar-refractivity contribution in [1.29, 1.82) is 0 Å². The molecule has 2 unspecified atom stereocenters.